The fourth-order valence-electron chi connectivity index (χ4n) is 3.81. The average Bonchev–Trinajstić information content (AvgIpc) is 2.70. The van der Waals surface area contributed by atoms with Gasteiger partial charge in [-0.25, -0.2) is 0 Å². The van der Waals surface area contributed by atoms with Crippen LogP contribution in [0.15, 0.2) is 0 Å². The van der Waals surface area contributed by atoms with Gasteiger partial charge >= 0.3 is 0 Å². The number of piperidine rings is 1. The van der Waals surface area contributed by atoms with Gasteiger partial charge in [-0.1, -0.05) is 0 Å². The van der Waals surface area contributed by atoms with Gasteiger partial charge in [0.25, 0.3) is 0 Å². The number of thioether (sulfide) groups is 1. The molecule has 0 spiro atoms. The molecule has 0 aliphatic carbocycles. The van der Waals surface area contributed by atoms with E-state index in [0.717, 1.165) is 12.3 Å². The highest BCUT2D eigenvalue weighted by Gasteiger charge is 2.41. The largest absolute Gasteiger partial charge is 0.393 e. The molecule has 0 saturated carbocycles. The van der Waals surface area contributed by atoms with E-state index in [1.807, 2.05) is 0 Å². The van der Waals surface area contributed by atoms with Crippen LogP contribution in [0.3, 0.4) is 0 Å². The summed E-state index contributed by atoms with van der Waals surface area (Å²) in [6.45, 7) is 0. The van der Waals surface area contributed by atoms with Gasteiger partial charge in [-0.05, 0) is 55.9 Å². The molecule has 3 rings (SSSR count). The van der Waals surface area contributed by atoms with Crippen LogP contribution in [0.5, 0.6) is 0 Å². The van der Waals surface area contributed by atoms with E-state index in [2.05, 4.69) is 17.1 Å². The first-order valence-electron chi connectivity index (χ1n) is 6.85. The summed E-state index contributed by atoms with van der Waals surface area (Å²) in [5.74, 6) is 4.10. The lowest BCUT2D eigenvalue weighted by atomic mass is 9.81. The van der Waals surface area contributed by atoms with E-state index < -0.39 is 0 Å². The summed E-state index contributed by atoms with van der Waals surface area (Å²) in [6, 6.07) is 1.25. The second kappa shape index (κ2) is 4.87. The molecule has 16 heavy (non-hydrogen) atoms. The summed E-state index contributed by atoms with van der Waals surface area (Å²) < 4.78 is 0. The monoisotopic (exact) mass is 241 g/mol. The van der Waals surface area contributed by atoms with Gasteiger partial charge in [0.05, 0.1) is 6.10 Å². The number of aliphatic hydroxyl groups excluding tert-OH is 1. The maximum Gasteiger partial charge on any atom is 0.0598 e. The third-order valence-electron chi connectivity index (χ3n) is 4.67. The van der Waals surface area contributed by atoms with E-state index >= 15 is 0 Å². The molecule has 0 radical (unpaired) electrons. The van der Waals surface area contributed by atoms with Gasteiger partial charge in [-0.15, -0.1) is 0 Å². The van der Waals surface area contributed by atoms with Crippen molar-refractivity contribution in [1.29, 1.82) is 0 Å². The van der Waals surface area contributed by atoms with Gasteiger partial charge in [0.15, 0.2) is 0 Å². The Bertz CT molecular complexity index is 242. The van der Waals surface area contributed by atoms with Crippen LogP contribution in [0.25, 0.3) is 0 Å². The standard InChI is InChI=1S/C13H23NOS/c15-13-7-10-3-4-12(14-10)11(13)6-9-2-1-5-16-8-9/h9-15H,1-8H2. The minimum absolute atomic E-state index is 0.0225. The van der Waals surface area contributed by atoms with Gasteiger partial charge < -0.3 is 10.4 Å². The van der Waals surface area contributed by atoms with Crippen molar-refractivity contribution < 1.29 is 5.11 Å². The second-order valence-electron chi connectivity index (χ2n) is 5.83. The summed E-state index contributed by atoms with van der Waals surface area (Å²) in [5, 5.41) is 13.9. The first-order chi connectivity index (χ1) is 7.83. The van der Waals surface area contributed by atoms with Crippen molar-refractivity contribution in [3.05, 3.63) is 0 Å². The first kappa shape index (κ1) is 11.4. The van der Waals surface area contributed by atoms with Gasteiger partial charge in [0, 0.05) is 18.0 Å². The molecular formula is C13H23NOS. The topological polar surface area (TPSA) is 32.3 Å². The van der Waals surface area contributed by atoms with Crippen molar-refractivity contribution >= 4 is 11.8 Å². The second-order valence-corrected chi connectivity index (χ2v) is 6.98. The molecule has 3 saturated heterocycles. The number of nitrogens with one attached hydrogen (secondary N) is 1. The van der Waals surface area contributed by atoms with E-state index in [4.69, 9.17) is 0 Å². The summed E-state index contributed by atoms with van der Waals surface area (Å²) in [4.78, 5) is 0. The molecule has 0 amide bonds. The van der Waals surface area contributed by atoms with Crippen LogP contribution in [0.1, 0.15) is 38.5 Å². The molecule has 3 aliphatic rings. The molecule has 3 aliphatic heterocycles. The molecule has 92 valence electrons. The Labute approximate surface area is 103 Å². The maximum atomic E-state index is 10.2. The van der Waals surface area contributed by atoms with E-state index in [9.17, 15) is 5.11 Å². The molecule has 0 aromatic heterocycles. The Hall–Kier alpha value is 0.270. The molecule has 3 heteroatoms. The molecule has 5 unspecified atom stereocenters. The van der Waals surface area contributed by atoms with Crippen LogP contribution in [-0.2, 0) is 0 Å². The third-order valence-corrected chi connectivity index (χ3v) is 5.96. The van der Waals surface area contributed by atoms with Gasteiger partial charge in [-0.3, -0.25) is 0 Å². The fraction of sp³-hybridized carbons (Fsp3) is 1.00. The Balaban J connectivity index is 1.59. The van der Waals surface area contributed by atoms with Crippen molar-refractivity contribution in [2.75, 3.05) is 11.5 Å². The van der Waals surface area contributed by atoms with Crippen LogP contribution in [0, 0.1) is 11.8 Å². The highest BCUT2D eigenvalue weighted by Crippen LogP contribution is 2.37. The van der Waals surface area contributed by atoms with Crippen molar-refractivity contribution in [2.45, 2.75) is 56.7 Å². The normalized spacial score (nSPS) is 48.2. The maximum absolute atomic E-state index is 10.2. The van der Waals surface area contributed by atoms with Crippen LogP contribution < -0.4 is 5.32 Å². The van der Waals surface area contributed by atoms with Crippen LogP contribution in [0.2, 0.25) is 0 Å². The summed E-state index contributed by atoms with van der Waals surface area (Å²) in [5.41, 5.74) is 0. The van der Waals surface area contributed by atoms with Gasteiger partial charge in [-0.2, -0.15) is 11.8 Å². The van der Waals surface area contributed by atoms with E-state index in [0.29, 0.717) is 18.0 Å². The highest BCUT2D eigenvalue weighted by atomic mass is 32.2. The number of hydrogen-bond donors (Lipinski definition) is 2. The van der Waals surface area contributed by atoms with Gasteiger partial charge in [0.1, 0.15) is 0 Å². The Morgan fingerprint density at radius 1 is 1.25 bits per heavy atom. The Kier molecular flexibility index (Phi) is 3.46. The molecule has 2 bridgehead atoms. The first-order valence-corrected chi connectivity index (χ1v) is 8.00. The SMILES string of the molecule is OC1CC2CCC(N2)C1CC1CCCSC1. The quantitative estimate of drug-likeness (QED) is 0.776. The molecule has 3 heterocycles. The minimum atomic E-state index is -0.0225. The number of fused-ring (bicyclic) bond motifs is 2. The van der Waals surface area contributed by atoms with Crippen LogP contribution >= 0.6 is 11.8 Å². The number of hydrogen-bond acceptors (Lipinski definition) is 3. The highest BCUT2D eigenvalue weighted by molar-refractivity contribution is 7.99. The van der Waals surface area contributed by atoms with Gasteiger partial charge in [0.2, 0.25) is 0 Å². The summed E-state index contributed by atoms with van der Waals surface area (Å²) in [6.07, 6.45) is 7.61. The van der Waals surface area contributed by atoms with Crippen LogP contribution in [-0.4, -0.2) is 34.8 Å². The van der Waals surface area contributed by atoms with E-state index in [-0.39, 0.29) is 6.10 Å². The predicted octanol–water partition coefficient (Wildman–Crippen LogP) is 2.02. The molecule has 0 aromatic rings. The van der Waals surface area contributed by atoms with E-state index in [1.54, 1.807) is 0 Å². The fourth-order valence-corrected chi connectivity index (χ4v) is 4.98. The minimum Gasteiger partial charge on any atom is -0.393 e. The van der Waals surface area contributed by atoms with Crippen molar-refractivity contribution in [3.63, 3.8) is 0 Å². The number of aliphatic hydroxyl groups is 1. The molecule has 5 atom stereocenters. The lowest BCUT2D eigenvalue weighted by Gasteiger charge is -2.37. The zero-order valence-corrected chi connectivity index (χ0v) is 10.7. The summed E-state index contributed by atoms with van der Waals surface area (Å²) in [7, 11) is 0. The number of rotatable bonds is 2. The molecule has 0 aromatic carbocycles. The van der Waals surface area contributed by atoms with Crippen LogP contribution in [0.4, 0.5) is 0 Å². The van der Waals surface area contributed by atoms with Crippen molar-refractivity contribution in [1.82, 2.24) is 5.32 Å². The molecule has 3 fully saturated rings. The van der Waals surface area contributed by atoms with Crippen molar-refractivity contribution in [3.8, 4) is 0 Å². The zero-order chi connectivity index (χ0) is 11.0. The third kappa shape index (κ3) is 2.27. The summed E-state index contributed by atoms with van der Waals surface area (Å²) >= 11 is 2.11. The lowest BCUT2D eigenvalue weighted by molar-refractivity contribution is 0.0397. The molecule has 2 N–H and O–H groups in total. The smallest absolute Gasteiger partial charge is 0.0598 e. The average molecular weight is 241 g/mol. The zero-order valence-electron chi connectivity index (χ0n) is 9.90. The van der Waals surface area contributed by atoms with E-state index in [1.165, 1.54) is 43.6 Å². The Morgan fingerprint density at radius 2 is 2.19 bits per heavy atom. The Morgan fingerprint density at radius 3 is 3.00 bits per heavy atom. The van der Waals surface area contributed by atoms with Crippen molar-refractivity contribution in [2.24, 2.45) is 11.8 Å². The predicted molar refractivity (Wildman–Crippen MR) is 68.7 cm³/mol. The molecule has 2 nitrogen and oxygen atoms in total. The molecular weight excluding hydrogens is 218 g/mol. The lowest BCUT2D eigenvalue weighted by Crippen LogP contribution is -2.48.